The van der Waals surface area contributed by atoms with Crippen molar-refractivity contribution in [2.24, 2.45) is 0 Å². The zero-order valence-corrected chi connectivity index (χ0v) is 9.59. The van der Waals surface area contributed by atoms with Crippen LogP contribution in [0, 0.1) is 0 Å². The predicted molar refractivity (Wildman–Crippen MR) is 56.2 cm³/mol. The molecule has 0 fully saturated rings. The van der Waals surface area contributed by atoms with E-state index in [1.807, 2.05) is 20.8 Å². The number of ether oxygens (including phenoxy) is 2. The third-order valence-corrected chi connectivity index (χ3v) is 2.26. The SMILES string of the molecule is CC(C)(C)Oc1ccsc1C(=O)OC=O. The molecule has 0 spiro atoms. The van der Waals surface area contributed by atoms with Crippen LogP contribution in [0.5, 0.6) is 5.75 Å². The quantitative estimate of drug-likeness (QED) is 0.452. The Morgan fingerprint density at radius 3 is 2.67 bits per heavy atom. The third-order valence-electron chi connectivity index (χ3n) is 1.39. The number of carbonyl (C=O) groups is 2. The molecular formula is C10H12O4S. The number of hydrogen-bond donors (Lipinski definition) is 0. The van der Waals surface area contributed by atoms with E-state index >= 15 is 0 Å². The molecule has 0 amide bonds. The first-order valence-electron chi connectivity index (χ1n) is 4.35. The third kappa shape index (κ3) is 3.36. The molecule has 0 aliphatic heterocycles. The van der Waals surface area contributed by atoms with Crippen LogP contribution >= 0.6 is 11.3 Å². The van der Waals surface area contributed by atoms with Crippen LogP contribution in [-0.4, -0.2) is 18.0 Å². The van der Waals surface area contributed by atoms with E-state index in [9.17, 15) is 9.59 Å². The van der Waals surface area contributed by atoms with E-state index in [1.165, 1.54) is 11.3 Å². The molecule has 0 radical (unpaired) electrons. The monoisotopic (exact) mass is 228 g/mol. The molecule has 0 saturated heterocycles. The minimum atomic E-state index is -0.681. The molecule has 0 aliphatic rings. The van der Waals surface area contributed by atoms with Gasteiger partial charge < -0.3 is 9.47 Å². The van der Waals surface area contributed by atoms with Crippen molar-refractivity contribution in [1.82, 2.24) is 0 Å². The van der Waals surface area contributed by atoms with Gasteiger partial charge in [0.15, 0.2) is 4.88 Å². The van der Waals surface area contributed by atoms with Gasteiger partial charge in [-0.05, 0) is 32.2 Å². The summed E-state index contributed by atoms with van der Waals surface area (Å²) in [6, 6.07) is 1.68. The molecule has 0 saturated carbocycles. The number of rotatable bonds is 3. The normalized spacial score (nSPS) is 10.9. The number of hydrogen-bond acceptors (Lipinski definition) is 5. The first-order valence-corrected chi connectivity index (χ1v) is 5.23. The van der Waals surface area contributed by atoms with Crippen LogP contribution in [0.3, 0.4) is 0 Å². The fraction of sp³-hybridized carbons (Fsp3) is 0.400. The van der Waals surface area contributed by atoms with Gasteiger partial charge in [0.1, 0.15) is 11.4 Å². The fourth-order valence-corrected chi connectivity index (χ4v) is 1.65. The van der Waals surface area contributed by atoms with Crippen molar-refractivity contribution < 1.29 is 19.1 Å². The van der Waals surface area contributed by atoms with Crippen molar-refractivity contribution in [2.75, 3.05) is 0 Å². The second-order valence-electron chi connectivity index (χ2n) is 3.83. The van der Waals surface area contributed by atoms with Crippen molar-refractivity contribution in [3.63, 3.8) is 0 Å². The first-order chi connectivity index (χ1) is 6.94. The molecule has 0 bridgehead atoms. The summed E-state index contributed by atoms with van der Waals surface area (Å²) >= 11 is 1.18. The van der Waals surface area contributed by atoms with Gasteiger partial charge in [0.05, 0.1) is 0 Å². The van der Waals surface area contributed by atoms with E-state index in [2.05, 4.69) is 4.74 Å². The maximum Gasteiger partial charge on any atom is 0.359 e. The van der Waals surface area contributed by atoms with E-state index < -0.39 is 11.6 Å². The molecule has 0 N–H and O–H groups in total. The van der Waals surface area contributed by atoms with Crippen LogP contribution in [0.25, 0.3) is 0 Å². The molecule has 0 aliphatic carbocycles. The molecule has 1 rings (SSSR count). The lowest BCUT2D eigenvalue weighted by molar-refractivity contribution is -0.123. The summed E-state index contributed by atoms with van der Waals surface area (Å²) in [5, 5.41) is 1.71. The summed E-state index contributed by atoms with van der Waals surface area (Å²) in [5.41, 5.74) is -0.392. The topological polar surface area (TPSA) is 52.6 Å². The Balaban J connectivity index is 2.86. The molecule has 4 nitrogen and oxygen atoms in total. The highest BCUT2D eigenvalue weighted by atomic mass is 32.1. The van der Waals surface area contributed by atoms with Crippen molar-refractivity contribution in [2.45, 2.75) is 26.4 Å². The van der Waals surface area contributed by atoms with Crippen molar-refractivity contribution >= 4 is 23.8 Å². The molecule has 0 aromatic carbocycles. The average molecular weight is 228 g/mol. The average Bonchev–Trinajstić information content (AvgIpc) is 2.49. The molecule has 5 heteroatoms. The Hall–Kier alpha value is -1.36. The minimum Gasteiger partial charge on any atom is -0.486 e. The summed E-state index contributed by atoms with van der Waals surface area (Å²) in [5.74, 6) is -0.237. The van der Waals surface area contributed by atoms with E-state index in [0.29, 0.717) is 10.6 Å². The number of esters is 1. The highest BCUT2D eigenvalue weighted by Gasteiger charge is 2.20. The van der Waals surface area contributed by atoms with Crippen molar-refractivity contribution in [3.05, 3.63) is 16.3 Å². The molecule has 82 valence electrons. The van der Waals surface area contributed by atoms with Crippen LogP contribution in [0.4, 0.5) is 0 Å². The van der Waals surface area contributed by atoms with Gasteiger partial charge in [-0.1, -0.05) is 0 Å². The summed E-state index contributed by atoms with van der Waals surface area (Å²) in [7, 11) is 0. The predicted octanol–water partition coefficient (Wildman–Crippen LogP) is 2.24. The van der Waals surface area contributed by atoms with Gasteiger partial charge in [0, 0.05) is 0 Å². The second kappa shape index (κ2) is 4.44. The Morgan fingerprint density at radius 2 is 2.13 bits per heavy atom. The standard InChI is InChI=1S/C10H12O4S/c1-10(2,3)14-7-4-5-15-8(7)9(12)13-6-11/h4-6H,1-3H3. The number of carbonyl (C=O) groups excluding carboxylic acids is 2. The Kier molecular flexibility index (Phi) is 3.47. The maximum absolute atomic E-state index is 11.3. The molecular weight excluding hydrogens is 216 g/mol. The van der Waals surface area contributed by atoms with Crippen LogP contribution in [0.2, 0.25) is 0 Å². The Morgan fingerprint density at radius 1 is 1.47 bits per heavy atom. The van der Waals surface area contributed by atoms with Gasteiger partial charge >= 0.3 is 12.4 Å². The van der Waals surface area contributed by atoms with E-state index in [1.54, 1.807) is 11.4 Å². The zero-order chi connectivity index (χ0) is 11.5. The lowest BCUT2D eigenvalue weighted by atomic mass is 10.2. The molecule has 1 aromatic heterocycles. The highest BCUT2D eigenvalue weighted by molar-refractivity contribution is 7.12. The minimum absolute atomic E-state index is 0.114. The second-order valence-corrected chi connectivity index (χ2v) is 4.75. The molecule has 1 aromatic rings. The summed E-state index contributed by atoms with van der Waals surface area (Å²) in [6.45, 7) is 5.74. The Labute approximate surface area is 91.8 Å². The van der Waals surface area contributed by atoms with E-state index in [4.69, 9.17) is 4.74 Å². The molecule has 1 heterocycles. The summed E-state index contributed by atoms with van der Waals surface area (Å²) < 4.78 is 9.79. The van der Waals surface area contributed by atoms with Gasteiger partial charge in [-0.2, -0.15) is 0 Å². The summed E-state index contributed by atoms with van der Waals surface area (Å²) in [4.78, 5) is 21.6. The van der Waals surface area contributed by atoms with Crippen LogP contribution < -0.4 is 4.74 Å². The first kappa shape index (κ1) is 11.7. The lowest BCUT2D eigenvalue weighted by Gasteiger charge is -2.20. The largest absolute Gasteiger partial charge is 0.486 e. The molecule has 15 heavy (non-hydrogen) atoms. The van der Waals surface area contributed by atoms with Crippen LogP contribution in [0.1, 0.15) is 30.4 Å². The fourth-order valence-electron chi connectivity index (χ4n) is 0.954. The molecule has 0 atom stereocenters. The highest BCUT2D eigenvalue weighted by Crippen LogP contribution is 2.28. The zero-order valence-electron chi connectivity index (χ0n) is 8.77. The van der Waals surface area contributed by atoms with Gasteiger partial charge in [-0.15, -0.1) is 11.3 Å². The van der Waals surface area contributed by atoms with Crippen molar-refractivity contribution in [1.29, 1.82) is 0 Å². The van der Waals surface area contributed by atoms with Crippen LogP contribution in [0.15, 0.2) is 11.4 Å². The van der Waals surface area contributed by atoms with Crippen molar-refractivity contribution in [3.8, 4) is 5.75 Å². The Bertz CT molecular complexity index is 362. The van der Waals surface area contributed by atoms with E-state index in [-0.39, 0.29) is 6.47 Å². The number of thiophene rings is 1. The molecule has 0 unspecified atom stereocenters. The van der Waals surface area contributed by atoms with E-state index in [0.717, 1.165) is 0 Å². The van der Waals surface area contributed by atoms with Gasteiger partial charge in [0.2, 0.25) is 0 Å². The lowest BCUT2D eigenvalue weighted by Crippen LogP contribution is -2.23. The van der Waals surface area contributed by atoms with Gasteiger partial charge in [-0.25, -0.2) is 4.79 Å². The van der Waals surface area contributed by atoms with Gasteiger partial charge in [-0.3, -0.25) is 4.79 Å². The maximum atomic E-state index is 11.3. The smallest absolute Gasteiger partial charge is 0.359 e. The van der Waals surface area contributed by atoms with Gasteiger partial charge in [0.25, 0.3) is 0 Å². The summed E-state index contributed by atoms with van der Waals surface area (Å²) in [6.07, 6.45) is 0. The van der Waals surface area contributed by atoms with Crippen LogP contribution in [-0.2, 0) is 9.53 Å².